The van der Waals surface area contributed by atoms with Gasteiger partial charge in [0.15, 0.2) is 5.82 Å². The lowest BCUT2D eigenvalue weighted by Crippen LogP contribution is -2.38. The lowest BCUT2D eigenvalue weighted by atomic mass is 10.1. The van der Waals surface area contributed by atoms with Crippen LogP contribution in [-0.4, -0.2) is 50.5 Å². The van der Waals surface area contributed by atoms with E-state index in [1.54, 1.807) is 0 Å². The van der Waals surface area contributed by atoms with Crippen molar-refractivity contribution >= 4 is 16.4 Å². The van der Waals surface area contributed by atoms with Crippen LogP contribution in [0.2, 0.25) is 0 Å². The van der Waals surface area contributed by atoms with E-state index in [1.165, 1.54) is 0 Å². The third-order valence-corrected chi connectivity index (χ3v) is 6.23. The summed E-state index contributed by atoms with van der Waals surface area (Å²) in [5, 5.41) is 4.03. The van der Waals surface area contributed by atoms with Gasteiger partial charge in [-0.1, -0.05) is 31.1 Å². The molecule has 1 aromatic carbocycles. The first-order valence-corrected chi connectivity index (χ1v) is 11.6. The molecule has 1 unspecified atom stereocenters. The second kappa shape index (κ2) is 8.91. The van der Waals surface area contributed by atoms with Crippen molar-refractivity contribution in [2.75, 3.05) is 24.6 Å². The highest BCUT2D eigenvalue weighted by Gasteiger charge is 2.27. The van der Waals surface area contributed by atoms with Gasteiger partial charge >= 0.3 is 16.4 Å². The van der Waals surface area contributed by atoms with Crippen LogP contribution in [-0.2, 0) is 25.2 Å². The first-order chi connectivity index (χ1) is 14.4. The Labute approximate surface area is 176 Å². The molecule has 1 atom stereocenters. The summed E-state index contributed by atoms with van der Waals surface area (Å²) < 4.78 is 43.9. The van der Waals surface area contributed by atoms with E-state index in [-0.39, 0.29) is 24.7 Å². The molecule has 0 amide bonds. The Hall–Kier alpha value is -2.17. The van der Waals surface area contributed by atoms with Crippen LogP contribution in [0.3, 0.4) is 0 Å². The third-order valence-electron chi connectivity index (χ3n) is 5.27. The van der Waals surface area contributed by atoms with Gasteiger partial charge in [-0.3, -0.25) is 0 Å². The molecule has 3 heterocycles. The number of hydrogen-bond acceptors (Lipinski definition) is 9. The fraction of sp³-hybridized carbons (Fsp3) is 0.600. The molecule has 4 rings (SSSR count). The molecule has 2 aliphatic rings. The van der Waals surface area contributed by atoms with Crippen LogP contribution in [0.5, 0.6) is 5.75 Å². The molecule has 30 heavy (non-hydrogen) atoms. The second-order valence-corrected chi connectivity index (χ2v) is 9.22. The maximum absolute atomic E-state index is 11.4. The summed E-state index contributed by atoms with van der Waals surface area (Å²) in [6.45, 7) is 5.85. The zero-order valence-electron chi connectivity index (χ0n) is 17.2. The lowest BCUT2D eigenvalue weighted by molar-refractivity contribution is 0.0916. The van der Waals surface area contributed by atoms with Gasteiger partial charge < -0.3 is 14.2 Å². The van der Waals surface area contributed by atoms with E-state index in [9.17, 15) is 8.42 Å². The molecule has 164 valence electrons. The molecular weight excluding hydrogens is 410 g/mol. The molecule has 0 spiro atoms. The van der Waals surface area contributed by atoms with Crippen LogP contribution in [0.15, 0.2) is 28.8 Å². The molecular formula is C20H27N3O6S. The van der Waals surface area contributed by atoms with Crippen LogP contribution < -0.4 is 9.64 Å². The van der Waals surface area contributed by atoms with E-state index in [4.69, 9.17) is 13.4 Å². The lowest BCUT2D eigenvalue weighted by Gasteiger charge is -2.30. The molecule has 1 aromatic heterocycles. The molecule has 10 heteroatoms. The second-order valence-electron chi connectivity index (χ2n) is 7.98. The Kier molecular flexibility index (Phi) is 6.26. The van der Waals surface area contributed by atoms with Gasteiger partial charge in [-0.25, -0.2) is 8.37 Å². The summed E-state index contributed by atoms with van der Waals surface area (Å²) >= 11 is 0. The predicted molar refractivity (Wildman–Crippen MR) is 109 cm³/mol. The number of rotatable bonds is 6. The average molecular weight is 438 g/mol. The van der Waals surface area contributed by atoms with Gasteiger partial charge in [0.25, 0.3) is 0 Å². The van der Waals surface area contributed by atoms with Crippen LogP contribution in [0.25, 0.3) is 0 Å². The molecule has 0 bridgehead atoms. The summed E-state index contributed by atoms with van der Waals surface area (Å²) in [7, 11) is -3.85. The minimum absolute atomic E-state index is 0.128. The highest BCUT2D eigenvalue weighted by molar-refractivity contribution is 7.81. The van der Waals surface area contributed by atoms with Gasteiger partial charge in [-0.2, -0.15) is 13.4 Å². The number of piperidine rings is 1. The van der Waals surface area contributed by atoms with Gasteiger partial charge in [-0.05, 0) is 17.7 Å². The Morgan fingerprint density at radius 2 is 1.90 bits per heavy atom. The largest absolute Gasteiger partial charge is 0.490 e. The fourth-order valence-corrected chi connectivity index (χ4v) is 4.43. The van der Waals surface area contributed by atoms with Gasteiger partial charge in [0.05, 0.1) is 12.7 Å². The molecule has 2 fully saturated rings. The van der Waals surface area contributed by atoms with Crippen LogP contribution in [0.4, 0.5) is 6.01 Å². The Morgan fingerprint density at radius 3 is 2.53 bits per heavy atom. The van der Waals surface area contributed by atoms with Crippen molar-refractivity contribution in [3.8, 4) is 5.75 Å². The van der Waals surface area contributed by atoms with Crippen molar-refractivity contribution in [3.63, 3.8) is 0 Å². The van der Waals surface area contributed by atoms with Crippen LogP contribution >= 0.6 is 0 Å². The molecule has 0 aliphatic carbocycles. The first kappa shape index (κ1) is 21.1. The highest BCUT2D eigenvalue weighted by atomic mass is 32.3. The summed E-state index contributed by atoms with van der Waals surface area (Å²) in [4.78, 5) is 6.56. The van der Waals surface area contributed by atoms with E-state index < -0.39 is 10.4 Å². The van der Waals surface area contributed by atoms with Gasteiger partial charge in [0, 0.05) is 44.7 Å². The van der Waals surface area contributed by atoms with Gasteiger partial charge in [-0.15, -0.1) is 0 Å². The number of nitrogens with zero attached hydrogens (tertiary/aromatic N) is 3. The normalized spacial score (nSPS) is 22.4. The minimum Gasteiger partial charge on any atom is -0.490 e. The topological polar surface area (TPSA) is 104 Å². The van der Waals surface area contributed by atoms with E-state index in [1.807, 2.05) is 38.1 Å². The Morgan fingerprint density at radius 1 is 1.17 bits per heavy atom. The smallest absolute Gasteiger partial charge is 0.400 e. The maximum atomic E-state index is 11.4. The molecule has 2 aromatic rings. The third kappa shape index (κ3) is 5.30. The quantitative estimate of drug-likeness (QED) is 0.674. The number of aromatic nitrogens is 2. The molecule has 0 N–H and O–H groups in total. The number of benzene rings is 1. The van der Waals surface area contributed by atoms with Crippen molar-refractivity contribution in [3.05, 3.63) is 35.7 Å². The molecule has 2 aliphatic heterocycles. The summed E-state index contributed by atoms with van der Waals surface area (Å²) in [5.41, 5.74) is 0.997. The number of ether oxygens (including phenoxy) is 1. The summed E-state index contributed by atoms with van der Waals surface area (Å²) in [5.74, 6) is 1.78. The minimum atomic E-state index is -3.85. The zero-order valence-corrected chi connectivity index (χ0v) is 18.0. The van der Waals surface area contributed by atoms with Gasteiger partial charge in [0.1, 0.15) is 11.9 Å². The molecule has 2 saturated heterocycles. The molecule has 0 saturated carbocycles. The maximum Gasteiger partial charge on any atom is 0.400 e. The zero-order chi connectivity index (χ0) is 21.1. The van der Waals surface area contributed by atoms with Crippen LogP contribution in [0.1, 0.15) is 50.4 Å². The standard InChI is InChI=1S/C20H27N3O6S/c1-14(2)19-21-20(28-22-19)23-10-7-17(8-11-23)27-16-5-3-15(4-6-16)13-18-9-12-26-30(24,25)29-18/h3-6,14,17-18H,7-13H2,1-2H3. The number of anilines is 1. The Balaban J connectivity index is 1.26. The summed E-state index contributed by atoms with van der Waals surface area (Å²) in [6.07, 6.45) is 2.55. The van der Waals surface area contributed by atoms with Crippen molar-refractivity contribution in [1.82, 2.24) is 10.1 Å². The van der Waals surface area contributed by atoms with E-state index in [2.05, 4.69) is 19.2 Å². The monoisotopic (exact) mass is 437 g/mol. The van der Waals surface area contributed by atoms with Crippen LogP contribution in [0, 0.1) is 0 Å². The van der Waals surface area contributed by atoms with E-state index in [0.29, 0.717) is 18.9 Å². The van der Waals surface area contributed by atoms with Crippen molar-refractivity contribution < 1.29 is 26.0 Å². The SMILES string of the molecule is CC(C)c1noc(N2CCC(Oc3ccc(CC4CCOS(=O)(=O)O4)cc3)CC2)n1. The first-order valence-electron chi connectivity index (χ1n) is 10.3. The van der Waals surface area contributed by atoms with Crippen molar-refractivity contribution in [2.45, 2.75) is 57.7 Å². The highest BCUT2D eigenvalue weighted by Crippen LogP contribution is 2.25. The molecule has 9 nitrogen and oxygen atoms in total. The predicted octanol–water partition coefficient (Wildman–Crippen LogP) is 2.83. The number of hydrogen-bond donors (Lipinski definition) is 0. The van der Waals surface area contributed by atoms with Gasteiger partial charge in [0.2, 0.25) is 0 Å². The van der Waals surface area contributed by atoms with E-state index in [0.717, 1.165) is 43.1 Å². The summed E-state index contributed by atoms with van der Waals surface area (Å²) in [6, 6.07) is 8.31. The van der Waals surface area contributed by atoms with Crippen molar-refractivity contribution in [1.29, 1.82) is 0 Å². The fourth-order valence-electron chi connectivity index (χ4n) is 3.57. The van der Waals surface area contributed by atoms with E-state index >= 15 is 0 Å². The average Bonchev–Trinajstić information content (AvgIpc) is 3.20. The molecule has 0 radical (unpaired) electrons. The Bertz CT molecular complexity index is 936. The van der Waals surface area contributed by atoms with Crippen molar-refractivity contribution in [2.24, 2.45) is 0 Å².